The van der Waals surface area contributed by atoms with E-state index < -0.39 is 0 Å². The number of thiazole rings is 1. The molecule has 2 N–H and O–H groups in total. The molecule has 5 nitrogen and oxygen atoms in total. The topological polar surface area (TPSA) is 76.3 Å². The van der Waals surface area contributed by atoms with Crippen LogP contribution in [0.3, 0.4) is 0 Å². The minimum absolute atomic E-state index is 0.0175. The molecule has 0 unspecified atom stereocenters. The lowest BCUT2D eigenvalue weighted by molar-refractivity contribution is -0.134. The molecule has 3 rings (SSSR count). The van der Waals surface area contributed by atoms with Crippen molar-refractivity contribution in [2.24, 2.45) is 11.7 Å². The second-order valence-electron chi connectivity index (χ2n) is 6.22. The number of likely N-dealkylation sites (tertiary alicyclic amines) is 1. The summed E-state index contributed by atoms with van der Waals surface area (Å²) in [5, 5.41) is 1.87. The average Bonchev–Trinajstić information content (AvgIpc) is 3.08. The second kappa shape index (κ2) is 8.64. The largest absolute Gasteiger partial charge is 0.369 e. The molecular formula is C18H20FN3O2S2. The molecule has 26 heavy (non-hydrogen) atoms. The van der Waals surface area contributed by atoms with E-state index in [4.69, 9.17) is 5.73 Å². The van der Waals surface area contributed by atoms with Gasteiger partial charge < -0.3 is 10.6 Å². The van der Waals surface area contributed by atoms with E-state index in [1.807, 2.05) is 11.4 Å². The Balaban J connectivity index is 1.50. The molecule has 1 fully saturated rings. The SMILES string of the molecule is NC(=O)C1CCN(C(=O)Cc2csc(SCc3ccccc3F)n2)CC1. The zero-order valence-electron chi connectivity index (χ0n) is 14.2. The molecule has 138 valence electrons. The lowest BCUT2D eigenvalue weighted by Gasteiger charge is -2.30. The van der Waals surface area contributed by atoms with Crippen molar-refractivity contribution in [2.75, 3.05) is 13.1 Å². The van der Waals surface area contributed by atoms with Crippen LogP contribution in [0.5, 0.6) is 0 Å². The number of thioether (sulfide) groups is 1. The van der Waals surface area contributed by atoms with Crippen molar-refractivity contribution >= 4 is 34.9 Å². The molecule has 1 saturated heterocycles. The molecule has 0 bridgehead atoms. The summed E-state index contributed by atoms with van der Waals surface area (Å²) in [5.74, 6) is -0.100. The van der Waals surface area contributed by atoms with Gasteiger partial charge in [-0.1, -0.05) is 30.0 Å². The van der Waals surface area contributed by atoms with Gasteiger partial charge in [-0.15, -0.1) is 11.3 Å². The average molecular weight is 394 g/mol. The Morgan fingerprint density at radius 2 is 2.04 bits per heavy atom. The molecular weight excluding hydrogens is 373 g/mol. The predicted molar refractivity (Wildman–Crippen MR) is 100 cm³/mol. The first kappa shape index (κ1) is 18.8. The number of primary amides is 1. The van der Waals surface area contributed by atoms with Crippen LogP contribution in [0.2, 0.25) is 0 Å². The Morgan fingerprint density at radius 1 is 1.31 bits per heavy atom. The monoisotopic (exact) mass is 393 g/mol. The van der Waals surface area contributed by atoms with E-state index >= 15 is 0 Å². The normalized spacial score (nSPS) is 15.2. The van der Waals surface area contributed by atoms with Gasteiger partial charge in [0.15, 0.2) is 0 Å². The van der Waals surface area contributed by atoms with E-state index in [1.165, 1.54) is 29.2 Å². The van der Waals surface area contributed by atoms with E-state index in [9.17, 15) is 14.0 Å². The van der Waals surface area contributed by atoms with Crippen LogP contribution in [0.1, 0.15) is 24.1 Å². The highest BCUT2D eigenvalue weighted by Gasteiger charge is 2.26. The Bertz CT molecular complexity index is 788. The lowest BCUT2D eigenvalue weighted by Crippen LogP contribution is -2.42. The third-order valence-electron chi connectivity index (χ3n) is 4.42. The maximum absolute atomic E-state index is 13.6. The molecule has 2 aromatic rings. The van der Waals surface area contributed by atoms with Crippen LogP contribution in [0.15, 0.2) is 34.0 Å². The molecule has 0 saturated carbocycles. The third-order valence-corrected chi connectivity index (χ3v) is 6.54. The fourth-order valence-electron chi connectivity index (χ4n) is 2.87. The summed E-state index contributed by atoms with van der Waals surface area (Å²) in [7, 11) is 0. The van der Waals surface area contributed by atoms with Gasteiger partial charge in [-0.05, 0) is 24.5 Å². The Kier molecular flexibility index (Phi) is 6.26. The van der Waals surface area contributed by atoms with Gasteiger partial charge in [0.05, 0.1) is 12.1 Å². The molecule has 0 aliphatic carbocycles. The van der Waals surface area contributed by atoms with E-state index in [1.54, 1.807) is 17.0 Å². The van der Waals surface area contributed by atoms with Crippen molar-refractivity contribution in [1.29, 1.82) is 0 Å². The molecule has 8 heteroatoms. The number of benzene rings is 1. The quantitative estimate of drug-likeness (QED) is 0.766. The number of aromatic nitrogens is 1. The summed E-state index contributed by atoms with van der Waals surface area (Å²) >= 11 is 2.93. The van der Waals surface area contributed by atoms with Gasteiger partial charge in [0.1, 0.15) is 10.2 Å². The number of rotatable bonds is 6. The summed E-state index contributed by atoms with van der Waals surface area (Å²) in [4.78, 5) is 29.8. The minimum atomic E-state index is -0.284. The van der Waals surface area contributed by atoms with Crippen LogP contribution in [0.25, 0.3) is 0 Å². The first-order chi connectivity index (χ1) is 12.5. The van der Waals surface area contributed by atoms with Crippen molar-refractivity contribution in [3.63, 3.8) is 0 Å². The zero-order valence-corrected chi connectivity index (χ0v) is 15.8. The molecule has 1 aromatic heterocycles. The number of amides is 2. The van der Waals surface area contributed by atoms with Gasteiger partial charge in [0.25, 0.3) is 0 Å². The summed E-state index contributed by atoms with van der Waals surface area (Å²) in [6.07, 6.45) is 1.50. The smallest absolute Gasteiger partial charge is 0.228 e. The summed E-state index contributed by atoms with van der Waals surface area (Å²) in [6, 6.07) is 6.69. The molecule has 2 heterocycles. The van der Waals surface area contributed by atoms with Gasteiger partial charge >= 0.3 is 0 Å². The summed E-state index contributed by atoms with van der Waals surface area (Å²) < 4.78 is 14.5. The first-order valence-corrected chi connectivity index (χ1v) is 10.3. The predicted octanol–water partition coefficient (Wildman–Crippen LogP) is 2.84. The summed E-state index contributed by atoms with van der Waals surface area (Å²) in [6.45, 7) is 1.12. The number of hydrogen-bond donors (Lipinski definition) is 1. The summed E-state index contributed by atoms with van der Waals surface area (Å²) in [5.41, 5.74) is 6.69. The van der Waals surface area contributed by atoms with Crippen LogP contribution >= 0.6 is 23.1 Å². The van der Waals surface area contributed by atoms with Crippen molar-refractivity contribution in [3.05, 3.63) is 46.7 Å². The van der Waals surface area contributed by atoms with E-state index in [0.717, 1.165) is 10.0 Å². The number of piperidine rings is 1. The van der Waals surface area contributed by atoms with Crippen molar-refractivity contribution < 1.29 is 14.0 Å². The highest BCUT2D eigenvalue weighted by molar-refractivity contribution is 8.00. The minimum Gasteiger partial charge on any atom is -0.369 e. The zero-order chi connectivity index (χ0) is 18.5. The van der Waals surface area contributed by atoms with Crippen LogP contribution in [0.4, 0.5) is 4.39 Å². The Labute approximate surface area is 159 Å². The second-order valence-corrected chi connectivity index (χ2v) is 8.30. The number of nitrogens with zero attached hydrogens (tertiary/aromatic N) is 2. The van der Waals surface area contributed by atoms with E-state index in [-0.39, 0.29) is 30.0 Å². The molecule has 0 atom stereocenters. The standard InChI is InChI=1S/C18H20FN3O2S2/c19-15-4-2-1-3-13(15)10-25-18-21-14(11-26-18)9-16(23)22-7-5-12(6-8-22)17(20)24/h1-4,11-12H,5-10H2,(H2,20,24). The van der Waals surface area contributed by atoms with Gasteiger partial charge in [-0.2, -0.15) is 0 Å². The molecule has 0 radical (unpaired) electrons. The molecule has 2 amide bonds. The Morgan fingerprint density at radius 3 is 2.73 bits per heavy atom. The van der Waals surface area contributed by atoms with E-state index in [2.05, 4.69) is 4.98 Å². The fourth-order valence-corrected chi connectivity index (χ4v) is 4.70. The van der Waals surface area contributed by atoms with Crippen LogP contribution < -0.4 is 5.73 Å². The van der Waals surface area contributed by atoms with Gasteiger partial charge in [-0.25, -0.2) is 9.37 Å². The maximum Gasteiger partial charge on any atom is 0.228 e. The van der Waals surface area contributed by atoms with E-state index in [0.29, 0.717) is 37.2 Å². The maximum atomic E-state index is 13.6. The van der Waals surface area contributed by atoms with Crippen LogP contribution in [-0.4, -0.2) is 34.8 Å². The number of carbonyl (C=O) groups is 2. The molecule has 0 spiro atoms. The first-order valence-electron chi connectivity index (χ1n) is 8.40. The number of hydrogen-bond acceptors (Lipinski definition) is 5. The third kappa shape index (κ3) is 4.82. The van der Waals surface area contributed by atoms with Gasteiger partial charge in [0.2, 0.25) is 11.8 Å². The van der Waals surface area contributed by atoms with Crippen molar-refractivity contribution in [1.82, 2.24) is 9.88 Å². The Hall–Kier alpha value is -1.93. The van der Waals surface area contributed by atoms with Crippen LogP contribution in [0, 0.1) is 11.7 Å². The molecule has 1 aliphatic rings. The lowest BCUT2D eigenvalue weighted by atomic mass is 9.96. The highest BCUT2D eigenvalue weighted by atomic mass is 32.2. The van der Waals surface area contributed by atoms with Crippen LogP contribution in [-0.2, 0) is 21.8 Å². The number of nitrogens with two attached hydrogens (primary N) is 1. The van der Waals surface area contributed by atoms with Crippen molar-refractivity contribution in [2.45, 2.75) is 29.4 Å². The van der Waals surface area contributed by atoms with Gasteiger partial charge in [0, 0.05) is 30.1 Å². The van der Waals surface area contributed by atoms with Crippen molar-refractivity contribution in [3.8, 4) is 0 Å². The molecule has 1 aliphatic heterocycles. The number of halogens is 1. The highest BCUT2D eigenvalue weighted by Crippen LogP contribution is 2.27. The fraction of sp³-hybridized carbons (Fsp3) is 0.389. The molecule has 1 aromatic carbocycles. The van der Waals surface area contributed by atoms with Gasteiger partial charge in [-0.3, -0.25) is 9.59 Å². The number of carbonyl (C=O) groups excluding carboxylic acids is 2.